The fraction of sp³-hybridized carbons (Fsp3) is 0.154. The molecule has 0 unspecified atom stereocenters. The van der Waals surface area contributed by atoms with Gasteiger partial charge in [0.2, 0.25) is 5.91 Å². The summed E-state index contributed by atoms with van der Waals surface area (Å²) in [7, 11) is 0. The van der Waals surface area contributed by atoms with Gasteiger partial charge in [-0.2, -0.15) is 0 Å². The van der Waals surface area contributed by atoms with Crippen molar-refractivity contribution in [2.45, 2.75) is 13.5 Å². The molecule has 0 spiro atoms. The fourth-order valence-corrected chi connectivity index (χ4v) is 1.59. The molecule has 6 heteroatoms. The predicted octanol–water partition coefficient (Wildman–Crippen LogP) is 1.39. The van der Waals surface area contributed by atoms with Crippen LogP contribution in [0.1, 0.15) is 11.5 Å². The van der Waals surface area contributed by atoms with Crippen molar-refractivity contribution < 1.29 is 19.1 Å². The molecular weight excluding hydrogens is 248 g/mol. The number of nitrogens with one attached hydrogen (secondary N) is 1. The van der Waals surface area contributed by atoms with Gasteiger partial charge in [-0.25, -0.2) is 9.78 Å². The van der Waals surface area contributed by atoms with Crippen molar-refractivity contribution in [2.75, 3.05) is 0 Å². The van der Waals surface area contributed by atoms with Crippen molar-refractivity contribution >= 4 is 23.0 Å². The molecule has 0 aliphatic rings. The van der Waals surface area contributed by atoms with E-state index in [-0.39, 0.29) is 0 Å². The number of carboxylic acids is 1. The second kappa shape index (κ2) is 5.34. The number of oxazole rings is 1. The first-order valence-electron chi connectivity index (χ1n) is 5.59. The van der Waals surface area contributed by atoms with Crippen molar-refractivity contribution in [1.29, 1.82) is 0 Å². The maximum atomic E-state index is 11.3. The Bertz CT molecular complexity index is 658. The van der Waals surface area contributed by atoms with E-state index in [0.717, 1.165) is 23.2 Å². The number of carboxylic acid groups (broad SMARTS) is 1. The molecule has 0 aliphatic heterocycles. The lowest BCUT2D eigenvalue weighted by Crippen LogP contribution is -2.20. The second-order valence-electron chi connectivity index (χ2n) is 3.92. The van der Waals surface area contributed by atoms with E-state index in [4.69, 9.17) is 9.52 Å². The van der Waals surface area contributed by atoms with Gasteiger partial charge in [0.05, 0.1) is 0 Å². The molecule has 98 valence electrons. The molecular formula is C13H12N2O4. The molecule has 2 aromatic rings. The zero-order chi connectivity index (χ0) is 13.8. The summed E-state index contributed by atoms with van der Waals surface area (Å²) in [6.07, 6.45) is 1.76. The van der Waals surface area contributed by atoms with E-state index in [0.29, 0.717) is 18.0 Å². The summed E-state index contributed by atoms with van der Waals surface area (Å²) in [6, 6.07) is 5.42. The molecule has 2 rings (SSSR count). The highest BCUT2D eigenvalue weighted by Crippen LogP contribution is 2.16. The standard InChI is InChI=1S/C13H12N2O4/c1-8-15-10-3-2-9(6-11(10)19-8)7-14-12(16)4-5-13(17)18/h2-6H,7H2,1H3,(H,14,16)(H,17,18)/b5-4+. The molecule has 0 fully saturated rings. The van der Waals surface area contributed by atoms with E-state index in [1.807, 2.05) is 6.07 Å². The zero-order valence-corrected chi connectivity index (χ0v) is 10.2. The summed E-state index contributed by atoms with van der Waals surface area (Å²) in [6.45, 7) is 2.05. The average Bonchev–Trinajstić information content (AvgIpc) is 2.73. The Balaban J connectivity index is 2.01. The fourth-order valence-electron chi connectivity index (χ4n) is 1.59. The van der Waals surface area contributed by atoms with E-state index in [2.05, 4.69) is 10.3 Å². The van der Waals surface area contributed by atoms with Gasteiger partial charge in [-0.05, 0) is 17.7 Å². The van der Waals surface area contributed by atoms with Crippen LogP contribution in [0, 0.1) is 6.92 Å². The average molecular weight is 260 g/mol. The Kier molecular flexibility index (Phi) is 3.61. The van der Waals surface area contributed by atoms with Gasteiger partial charge >= 0.3 is 5.97 Å². The Morgan fingerprint density at radius 2 is 2.21 bits per heavy atom. The highest BCUT2D eigenvalue weighted by molar-refractivity contribution is 5.93. The SMILES string of the molecule is Cc1nc2ccc(CNC(=O)/C=C/C(=O)O)cc2o1. The molecule has 0 saturated heterocycles. The molecule has 0 radical (unpaired) electrons. The largest absolute Gasteiger partial charge is 0.478 e. The Morgan fingerprint density at radius 3 is 2.95 bits per heavy atom. The van der Waals surface area contributed by atoms with Crippen LogP contribution in [0.3, 0.4) is 0 Å². The topological polar surface area (TPSA) is 92.4 Å². The number of amides is 1. The smallest absolute Gasteiger partial charge is 0.328 e. The molecule has 1 heterocycles. The van der Waals surface area contributed by atoms with Crippen molar-refractivity contribution in [1.82, 2.24) is 10.3 Å². The number of benzene rings is 1. The Hall–Kier alpha value is -2.63. The predicted molar refractivity (Wildman–Crippen MR) is 67.4 cm³/mol. The second-order valence-corrected chi connectivity index (χ2v) is 3.92. The van der Waals surface area contributed by atoms with Crippen LogP contribution in [0.4, 0.5) is 0 Å². The van der Waals surface area contributed by atoms with E-state index in [9.17, 15) is 9.59 Å². The molecule has 0 saturated carbocycles. The van der Waals surface area contributed by atoms with Crippen molar-refractivity contribution in [3.63, 3.8) is 0 Å². The van der Waals surface area contributed by atoms with Crippen LogP contribution in [0.2, 0.25) is 0 Å². The molecule has 1 aromatic carbocycles. The number of aromatic nitrogens is 1. The van der Waals surface area contributed by atoms with Crippen molar-refractivity contribution in [3.05, 3.63) is 41.8 Å². The summed E-state index contributed by atoms with van der Waals surface area (Å²) in [5, 5.41) is 11.0. The third kappa shape index (κ3) is 3.41. The summed E-state index contributed by atoms with van der Waals surface area (Å²) < 4.78 is 5.38. The lowest BCUT2D eigenvalue weighted by Gasteiger charge is -2.01. The van der Waals surface area contributed by atoms with Crippen LogP contribution in [0.5, 0.6) is 0 Å². The zero-order valence-electron chi connectivity index (χ0n) is 10.2. The number of rotatable bonds is 4. The first-order valence-corrected chi connectivity index (χ1v) is 5.59. The normalized spacial score (nSPS) is 11.0. The Labute approximate surface area is 108 Å². The molecule has 0 aliphatic carbocycles. The molecule has 6 nitrogen and oxygen atoms in total. The lowest BCUT2D eigenvalue weighted by molar-refractivity contribution is -0.131. The van der Waals surface area contributed by atoms with E-state index >= 15 is 0 Å². The lowest BCUT2D eigenvalue weighted by atomic mass is 10.2. The van der Waals surface area contributed by atoms with Gasteiger partial charge in [-0.3, -0.25) is 4.79 Å². The number of aryl methyl sites for hydroxylation is 1. The first-order chi connectivity index (χ1) is 9.04. The van der Waals surface area contributed by atoms with Gasteiger partial charge < -0.3 is 14.8 Å². The first kappa shape index (κ1) is 12.8. The minimum absolute atomic E-state index is 0.290. The van der Waals surface area contributed by atoms with Gasteiger partial charge in [0.15, 0.2) is 11.5 Å². The van der Waals surface area contributed by atoms with Crippen LogP contribution < -0.4 is 5.32 Å². The maximum Gasteiger partial charge on any atom is 0.328 e. The number of aliphatic carboxylic acids is 1. The van der Waals surface area contributed by atoms with Crippen molar-refractivity contribution in [3.8, 4) is 0 Å². The third-order valence-corrected chi connectivity index (χ3v) is 2.40. The Morgan fingerprint density at radius 1 is 1.42 bits per heavy atom. The van der Waals surface area contributed by atoms with Crippen LogP contribution in [-0.4, -0.2) is 22.0 Å². The van der Waals surface area contributed by atoms with Crippen molar-refractivity contribution in [2.24, 2.45) is 0 Å². The molecule has 1 aromatic heterocycles. The summed E-state index contributed by atoms with van der Waals surface area (Å²) in [5.74, 6) is -1.04. The van der Waals surface area contributed by atoms with Crippen LogP contribution >= 0.6 is 0 Å². The summed E-state index contributed by atoms with van der Waals surface area (Å²) in [4.78, 5) is 25.7. The quantitative estimate of drug-likeness (QED) is 0.810. The van der Waals surface area contributed by atoms with E-state index in [1.165, 1.54) is 0 Å². The van der Waals surface area contributed by atoms with Crippen LogP contribution in [-0.2, 0) is 16.1 Å². The van der Waals surface area contributed by atoms with Gasteiger partial charge in [0.25, 0.3) is 0 Å². The third-order valence-electron chi connectivity index (χ3n) is 2.40. The van der Waals surface area contributed by atoms with Crippen LogP contribution in [0.25, 0.3) is 11.1 Å². The van der Waals surface area contributed by atoms with E-state index in [1.54, 1.807) is 19.1 Å². The monoisotopic (exact) mass is 260 g/mol. The number of hydrogen-bond acceptors (Lipinski definition) is 4. The summed E-state index contributed by atoms with van der Waals surface area (Å²) >= 11 is 0. The summed E-state index contributed by atoms with van der Waals surface area (Å²) in [5.41, 5.74) is 2.27. The number of nitrogens with zero attached hydrogens (tertiary/aromatic N) is 1. The van der Waals surface area contributed by atoms with Gasteiger partial charge in [0.1, 0.15) is 5.52 Å². The van der Waals surface area contributed by atoms with Crippen LogP contribution in [0.15, 0.2) is 34.8 Å². The molecule has 1 amide bonds. The van der Waals surface area contributed by atoms with E-state index < -0.39 is 11.9 Å². The number of hydrogen-bond donors (Lipinski definition) is 2. The minimum atomic E-state index is -1.16. The maximum absolute atomic E-state index is 11.3. The van der Waals surface area contributed by atoms with Gasteiger partial charge in [0, 0.05) is 25.6 Å². The molecule has 0 bridgehead atoms. The molecule has 2 N–H and O–H groups in total. The molecule has 0 atom stereocenters. The number of fused-ring (bicyclic) bond motifs is 1. The molecule has 19 heavy (non-hydrogen) atoms. The van der Waals surface area contributed by atoms with Gasteiger partial charge in [-0.1, -0.05) is 6.07 Å². The number of carbonyl (C=O) groups excluding carboxylic acids is 1. The highest BCUT2D eigenvalue weighted by Gasteiger charge is 2.04. The number of carbonyl (C=O) groups is 2. The van der Waals surface area contributed by atoms with Gasteiger partial charge in [-0.15, -0.1) is 0 Å². The minimum Gasteiger partial charge on any atom is -0.478 e. The highest BCUT2D eigenvalue weighted by atomic mass is 16.4.